The molecule has 0 aromatic heterocycles. The number of rotatable bonds is 11. The maximum Gasteiger partial charge on any atom is 0.295 e. The number of nitrogens with zero attached hydrogens (tertiary/aromatic N) is 2. The van der Waals surface area contributed by atoms with Crippen molar-refractivity contribution in [3.8, 4) is 17.2 Å². The van der Waals surface area contributed by atoms with Gasteiger partial charge >= 0.3 is 0 Å². The van der Waals surface area contributed by atoms with E-state index in [0.29, 0.717) is 56.3 Å². The molecule has 0 radical (unpaired) electrons. The van der Waals surface area contributed by atoms with Gasteiger partial charge in [-0.3, -0.25) is 14.5 Å². The summed E-state index contributed by atoms with van der Waals surface area (Å²) in [6.45, 7) is 10.2. The Labute approximate surface area is 222 Å². The predicted molar refractivity (Wildman–Crippen MR) is 142 cm³/mol. The minimum atomic E-state index is -0.837. The maximum absolute atomic E-state index is 13.3. The monoisotopic (exact) mass is 522 g/mol. The van der Waals surface area contributed by atoms with E-state index < -0.39 is 17.7 Å². The minimum absolute atomic E-state index is 0.00530. The van der Waals surface area contributed by atoms with Gasteiger partial charge in [0.2, 0.25) is 0 Å². The van der Waals surface area contributed by atoms with E-state index in [-0.39, 0.29) is 22.8 Å². The van der Waals surface area contributed by atoms with E-state index in [0.717, 1.165) is 19.6 Å². The standard InChI is InChI=1S/C29H34N2O7/c1-3-16-38-22-9-6-20(7-10-22)27(33)25-26(21-8-11-23(32)24(19-21)37-4-2)31(29(35)28(25)34)13-5-12-30-14-17-36-18-15-30/h3,6-11,19,26,32-33H,1,4-5,12-18H2,2H3/b27-25+. The molecule has 1 atom stereocenters. The quantitative estimate of drug-likeness (QED) is 0.200. The van der Waals surface area contributed by atoms with E-state index in [9.17, 15) is 19.8 Å². The summed E-state index contributed by atoms with van der Waals surface area (Å²) in [5, 5.41) is 21.5. The number of ether oxygens (including phenoxy) is 3. The van der Waals surface area contributed by atoms with Gasteiger partial charge in [0.15, 0.2) is 11.5 Å². The average Bonchev–Trinajstić information content (AvgIpc) is 3.19. The van der Waals surface area contributed by atoms with Crippen LogP contribution in [-0.2, 0) is 14.3 Å². The second-order valence-corrected chi connectivity index (χ2v) is 9.08. The molecular formula is C29H34N2O7. The van der Waals surface area contributed by atoms with Crippen molar-refractivity contribution in [3.05, 3.63) is 71.8 Å². The van der Waals surface area contributed by atoms with Gasteiger partial charge in [0.1, 0.15) is 18.1 Å². The maximum atomic E-state index is 13.3. The third-order valence-corrected chi connectivity index (χ3v) is 6.61. The zero-order chi connectivity index (χ0) is 27.1. The summed E-state index contributed by atoms with van der Waals surface area (Å²) < 4.78 is 16.5. The molecule has 9 heteroatoms. The third kappa shape index (κ3) is 6.00. The smallest absolute Gasteiger partial charge is 0.295 e. The fourth-order valence-corrected chi connectivity index (χ4v) is 4.74. The molecule has 2 heterocycles. The average molecular weight is 523 g/mol. The highest BCUT2D eigenvalue weighted by Gasteiger charge is 2.46. The summed E-state index contributed by atoms with van der Waals surface area (Å²) in [7, 11) is 0. The Morgan fingerprint density at radius 3 is 2.53 bits per heavy atom. The number of phenols is 1. The molecule has 1 amide bonds. The first kappa shape index (κ1) is 27.2. The van der Waals surface area contributed by atoms with E-state index in [2.05, 4.69) is 11.5 Å². The number of carbonyl (C=O) groups excluding carboxylic acids is 2. The largest absolute Gasteiger partial charge is 0.507 e. The first-order chi connectivity index (χ1) is 18.4. The second kappa shape index (κ2) is 12.6. The van der Waals surface area contributed by atoms with Crippen LogP contribution < -0.4 is 9.47 Å². The molecule has 2 fully saturated rings. The van der Waals surface area contributed by atoms with Gasteiger partial charge in [-0.2, -0.15) is 0 Å². The van der Waals surface area contributed by atoms with Gasteiger partial charge in [0.25, 0.3) is 11.7 Å². The highest BCUT2D eigenvalue weighted by molar-refractivity contribution is 6.46. The molecule has 0 aliphatic carbocycles. The van der Waals surface area contributed by atoms with Crippen molar-refractivity contribution < 1.29 is 34.0 Å². The Morgan fingerprint density at radius 2 is 1.84 bits per heavy atom. The number of ketones is 1. The number of carbonyl (C=O) groups is 2. The SMILES string of the molecule is C=CCOc1ccc(/C(O)=C2\C(=O)C(=O)N(CCCN3CCOCC3)C2c2ccc(O)c(OCC)c2)cc1. The van der Waals surface area contributed by atoms with Crippen LogP contribution in [0.15, 0.2) is 60.7 Å². The van der Waals surface area contributed by atoms with Crippen molar-refractivity contribution in [2.45, 2.75) is 19.4 Å². The Bertz CT molecular complexity index is 1190. The summed E-state index contributed by atoms with van der Waals surface area (Å²) in [6, 6.07) is 10.5. The molecule has 2 aliphatic heterocycles. The zero-order valence-electron chi connectivity index (χ0n) is 21.6. The fourth-order valence-electron chi connectivity index (χ4n) is 4.74. The van der Waals surface area contributed by atoms with Crippen molar-refractivity contribution in [1.29, 1.82) is 0 Å². The van der Waals surface area contributed by atoms with Gasteiger partial charge in [-0.15, -0.1) is 0 Å². The van der Waals surface area contributed by atoms with E-state index in [1.165, 1.54) is 11.0 Å². The number of Topliss-reactive ketones (excluding diaryl/α,β-unsaturated/α-hetero) is 1. The molecule has 1 unspecified atom stereocenters. The lowest BCUT2D eigenvalue weighted by molar-refractivity contribution is -0.140. The van der Waals surface area contributed by atoms with Gasteiger partial charge in [-0.1, -0.05) is 18.7 Å². The van der Waals surface area contributed by atoms with Crippen LogP contribution in [0.25, 0.3) is 5.76 Å². The lowest BCUT2D eigenvalue weighted by atomic mass is 9.95. The van der Waals surface area contributed by atoms with Crippen molar-refractivity contribution in [1.82, 2.24) is 9.80 Å². The van der Waals surface area contributed by atoms with E-state index >= 15 is 0 Å². The fraction of sp³-hybridized carbons (Fsp3) is 0.379. The topological polar surface area (TPSA) is 109 Å². The van der Waals surface area contributed by atoms with Crippen molar-refractivity contribution in [3.63, 3.8) is 0 Å². The van der Waals surface area contributed by atoms with Crippen LogP contribution in [0.4, 0.5) is 0 Å². The molecule has 38 heavy (non-hydrogen) atoms. The van der Waals surface area contributed by atoms with Crippen molar-refractivity contribution >= 4 is 17.4 Å². The molecular weight excluding hydrogens is 488 g/mol. The van der Waals surface area contributed by atoms with Gasteiger partial charge in [-0.05, 0) is 55.3 Å². The summed E-state index contributed by atoms with van der Waals surface area (Å²) in [5.41, 5.74) is 0.939. The van der Waals surface area contributed by atoms with E-state index in [1.807, 2.05) is 0 Å². The van der Waals surface area contributed by atoms with Crippen molar-refractivity contribution in [2.24, 2.45) is 0 Å². The van der Waals surface area contributed by atoms with Crippen LogP contribution in [0.5, 0.6) is 17.2 Å². The van der Waals surface area contributed by atoms with Gasteiger partial charge in [0, 0.05) is 31.7 Å². The molecule has 0 saturated carbocycles. The first-order valence-corrected chi connectivity index (χ1v) is 12.8. The molecule has 2 saturated heterocycles. The summed E-state index contributed by atoms with van der Waals surface area (Å²) in [4.78, 5) is 30.3. The molecule has 2 aromatic rings. The zero-order valence-corrected chi connectivity index (χ0v) is 21.6. The van der Waals surface area contributed by atoms with Crippen LogP contribution in [0.3, 0.4) is 0 Å². The summed E-state index contributed by atoms with van der Waals surface area (Å²) in [5.74, 6) is -0.915. The summed E-state index contributed by atoms with van der Waals surface area (Å²) >= 11 is 0. The van der Waals surface area contributed by atoms with Gasteiger partial charge in [-0.25, -0.2) is 0 Å². The molecule has 2 aromatic carbocycles. The number of amides is 1. The highest BCUT2D eigenvalue weighted by atomic mass is 16.5. The van der Waals surface area contributed by atoms with E-state index in [4.69, 9.17) is 14.2 Å². The number of hydrogen-bond donors (Lipinski definition) is 2. The van der Waals surface area contributed by atoms with Crippen LogP contribution in [0, 0.1) is 0 Å². The van der Waals surface area contributed by atoms with Gasteiger partial charge < -0.3 is 29.3 Å². The molecule has 2 N–H and O–H groups in total. The van der Waals surface area contributed by atoms with Crippen LogP contribution >= 0.6 is 0 Å². The van der Waals surface area contributed by atoms with Crippen LogP contribution in [0.2, 0.25) is 0 Å². The Kier molecular flexibility index (Phi) is 9.04. The Morgan fingerprint density at radius 1 is 1.11 bits per heavy atom. The van der Waals surface area contributed by atoms with Crippen LogP contribution in [0.1, 0.15) is 30.5 Å². The van der Waals surface area contributed by atoms with Crippen molar-refractivity contribution in [2.75, 3.05) is 52.6 Å². The lowest BCUT2D eigenvalue weighted by Gasteiger charge is -2.29. The predicted octanol–water partition coefficient (Wildman–Crippen LogP) is 3.50. The molecule has 4 rings (SSSR count). The minimum Gasteiger partial charge on any atom is -0.507 e. The number of likely N-dealkylation sites (tertiary alicyclic amines) is 1. The van der Waals surface area contributed by atoms with E-state index in [1.54, 1.807) is 49.4 Å². The molecule has 202 valence electrons. The number of hydrogen-bond acceptors (Lipinski definition) is 8. The second-order valence-electron chi connectivity index (χ2n) is 9.08. The number of aromatic hydroxyl groups is 1. The number of aliphatic hydroxyl groups excluding tert-OH is 1. The number of benzene rings is 2. The number of morpholine rings is 1. The molecule has 2 aliphatic rings. The van der Waals surface area contributed by atoms with Gasteiger partial charge in [0.05, 0.1) is 31.4 Å². The molecule has 9 nitrogen and oxygen atoms in total. The Hall–Kier alpha value is -3.82. The lowest BCUT2D eigenvalue weighted by Crippen LogP contribution is -2.38. The highest BCUT2D eigenvalue weighted by Crippen LogP contribution is 2.42. The Balaban J connectivity index is 1.69. The number of phenolic OH excluding ortho intramolecular Hbond substituents is 1. The summed E-state index contributed by atoms with van der Waals surface area (Å²) in [6.07, 6.45) is 2.28. The number of aliphatic hydroxyl groups is 1. The van der Waals surface area contributed by atoms with Crippen LogP contribution in [-0.4, -0.2) is 84.3 Å². The first-order valence-electron chi connectivity index (χ1n) is 12.8. The molecule has 0 bridgehead atoms. The molecule has 0 spiro atoms. The third-order valence-electron chi connectivity index (χ3n) is 6.61. The normalized spacial score (nSPS) is 19.5.